The van der Waals surface area contributed by atoms with Crippen molar-refractivity contribution in [3.63, 3.8) is 0 Å². The topological polar surface area (TPSA) is 46.2 Å². The zero-order chi connectivity index (χ0) is 11.2. The Bertz CT molecular complexity index is 473. The Morgan fingerprint density at radius 2 is 1.93 bits per heavy atom. The van der Waals surface area contributed by atoms with Crippen LogP contribution in [0.15, 0.2) is 22.7 Å². The van der Waals surface area contributed by atoms with Gasteiger partial charge >= 0.3 is 11.8 Å². The normalized spacial score (nSPS) is 18.3. The molecule has 0 fully saturated rings. The van der Waals surface area contributed by atoms with Crippen molar-refractivity contribution in [3.05, 3.63) is 33.8 Å². The molecule has 0 aromatic heterocycles. The van der Waals surface area contributed by atoms with Crippen LogP contribution in [0.25, 0.3) is 0 Å². The number of benzene rings is 1. The van der Waals surface area contributed by atoms with Gasteiger partial charge in [-0.3, -0.25) is 14.9 Å². The summed E-state index contributed by atoms with van der Waals surface area (Å²) in [5.74, 6) is -6.03. The molecule has 1 aromatic rings. The van der Waals surface area contributed by atoms with E-state index in [-0.39, 0.29) is 5.56 Å². The number of alkyl halides is 2. The van der Waals surface area contributed by atoms with Crippen molar-refractivity contribution in [1.29, 1.82) is 0 Å². The minimum atomic E-state index is -3.65. The second-order valence-electron chi connectivity index (χ2n) is 3.05. The number of nitrogens with one attached hydrogen (secondary N) is 1. The number of hydrogen-bond acceptors (Lipinski definition) is 2. The van der Waals surface area contributed by atoms with E-state index in [1.165, 1.54) is 12.1 Å². The van der Waals surface area contributed by atoms with E-state index in [1.54, 1.807) is 5.32 Å². The monoisotopic (exact) mass is 275 g/mol. The van der Waals surface area contributed by atoms with Gasteiger partial charge in [-0.15, -0.1) is 0 Å². The summed E-state index contributed by atoms with van der Waals surface area (Å²) in [6.07, 6.45) is 0. The predicted molar refractivity (Wildman–Crippen MR) is 50.5 cm³/mol. The van der Waals surface area contributed by atoms with Crippen molar-refractivity contribution in [2.75, 3.05) is 0 Å². The molecule has 1 aromatic carbocycles. The maximum atomic E-state index is 13.3. The molecule has 2 rings (SSSR count). The summed E-state index contributed by atoms with van der Waals surface area (Å²) in [7, 11) is 0. The SMILES string of the molecule is O=C1NC(=O)C(F)(F)c2ccc(Br)cc21. The molecule has 3 nitrogen and oxygen atoms in total. The van der Waals surface area contributed by atoms with Crippen LogP contribution < -0.4 is 5.32 Å². The molecule has 1 aliphatic rings. The van der Waals surface area contributed by atoms with Gasteiger partial charge in [-0.2, -0.15) is 8.78 Å². The lowest BCUT2D eigenvalue weighted by molar-refractivity contribution is -0.146. The maximum Gasteiger partial charge on any atom is 0.350 e. The first kappa shape index (κ1) is 10.2. The summed E-state index contributed by atoms with van der Waals surface area (Å²) in [4.78, 5) is 22.1. The third kappa shape index (κ3) is 1.45. The van der Waals surface area contributed by atoms with Gasteiger partial charge in [-0.25, -0.2) is 0 Å². The van der Waals surface area contributed by atoms with Crippen LogP contribution in [0.1, 0.15) is 15.9 Å². The van der Waals surface area contributed by atoms with Crippen LogP contribution in [0.5, 0.6) is 0 Å². The molecule has 0 saturated heterocycles. The number of halogens is 3. The van der Waals surface area contributed by atoms with Gasteiger partial charge in [0.1, 0.15) is 0 Å². The molecule has 6 heteroatoms. The predicted octanol–water partition coefficient (Wildman–Crippen LogP) is 1.81. The summed E-state index contributed by atoms with van der Waals surface area (Å²) in [5.41, 5.74) is -0.742. The van der Waals surface area contributed by atoms with Gasteiger partial charge in [0.25, 0.3) is 5.91 Å². The molecule has 0 unspecified atom stereocenters. The van der Waals surface area contributed by atoms with Crippen LogP contribution in [0.3, 0.4) is 0 Å². The highest BCUT2D eigenvalue weighted by atomic mass is 79.9. The van der Waals surface area contributed by atoms with Gasteiger partial charge in [0.15, 0.2) is 0 Å². The molecule has 0 radical (unpaired) electrons. The van der Waals surface area contributed by atoms with Gasteiger partial charge < -0.3 is 0 Å². The Kier molecular flexibility index (Phi) is 2.11. The molecule has 2 amide bonds. The third-order valence-corrected chi connectivity index (χ3v) is 2.57. The molecule has 0 bridgehead atoms. The van der Waals surface area contributed by atoms with E-state index >= 15 is 0 Å². The van der Waals surface area contributed by atoms with E-state index in [0.717, 1.165) is 6.07 Å². The van der Waals surface area contributed by atoms with E-state index in [9.17, 15) is 18.4 Å². The average molecular weight is 276 g/mol. The Hall–Kier alpha value is -1.30. The van der Waals surface area contributed by atoms with Crippen LogP contribution in [-0.4, -0.2) is 11.8 Å². The zero-order valence-electron chi connectivity index (χ0n) is 7.18. The van der Waals surface area contributed by atoms with Crippen LogP contribution in [0.2, 0.25) is 0 Å². The fourth-order valence-corrected chi connectivity index (χ4v) is 1.71. The number of fused-ring (bicyclic) bond motifs is 1. The molecular weight excluding hydrogens is 272 g/mol. The molecule has 0 saturated carbocycles. The molecule has 78 valence electrons. The summed E-state index contributed by atoms with van der Waals surface area (Å²) in [5, 5.41) is 1.60. The van der Waals surface area contributed by atoms with Crippen molar-refractivity contribution >= 4 is 27.7 Å². The minimum Gasteiger partial charge on any atom is -0.287 e. The van der Waals surface area contributed by atoms with E-state index < -0.39 is 23.3 Å². The summed E-state index contributed by atoms with van der Waals surface area (Å²) in [6.45, 7) is 0. The summed E-state index contributed by atoms with van der Waals surface area (Å²) < 4.78 is 27.1. The first-order valence-corrected chi connectivity index (χ1v) is 4.76. The van der Waals surface area contributed by atoms with Crippen LogP contribution in [-0.2, 0) is 10.7 Å². The van der Waals surface area contributed by atoms with Crippen molar-refractivity contribution in [2.45, 2.75) is 5.92 Å². The Morgan fingerprint density at radius 1 is 1.27 bits per heavy atom. The highest BCUT2D eigenvalue weighted by Gasteiger charge is 2.48. The first-order valence-electron chi connectivity index (χ1n) is 3.96. The van der Waals surface area contributed by atoms with Gasteiger partial charge in [0.05, 0.1) is 5.56 Å². The smallest absolute Gasteiger partial charge is 0.287 e. The molecule has 15 heavy (non-hydrogen) atoms. The molecule has 1 heterocycles. The largest absolute Gasteiger partial charge is 0.350 e. The first-order chi connectivity index (χ1) is 6.93. The second-order valence-corrected chi connectivity index (χ2v) is 3.96. The van der Waals surface area contributed by atoms with Crippen LogP contribution in [0.4, 0.5) is 8.78 Å². The van der Waals surface area contributed by atoms with E-state index in [0.29, 0.717) is 4.47 Å². The molecule has 1 aliphatic heterocycles. The third-order valence-electron chi connectivity index (χ3n) is 2.08. The van der Waals surface area contributed by atoms with Crippen LogP contribution in [0, 0.1) is 0 Å². The van der Waals surface area contributed by atoms with Gasteiger partial charge in [-0.1, -0.05) is 22.0 Å². The highest BCUT2D eigenvalue weighted by molar-refractivity contribution is 9.10. The number of imide groups is 1. The van der Waals surface area contributed by atoms with Gasteiger partial charge in [0, 0.05) is 10.0 Å². The van der Waals surface area contributed by atoms with Crippen molar-refractivity contribution in [3.8, 4) is 0 Å². The molecule has 1 N–H and O–H groups in total. The minimum absolute atomic E-state index is 0.186. The summed E-state index contributed by atoms with van der Waals surface area (Å²) in [6, 6.07) is 3.68. The Morgan fingerprint density at radius 3 is 2.60 bits per heavy atom. The molecular formula is C9H4BrF2NO2. The van der Waals surface area contributed by atoms with Crippen molar-refractivity contribution in [2.24, 2.45) is 0 Å². The van der Waals surface area contributed by atoms with E-state index in [2.05, 4.69) is 15.9 Å². The lowest BCUT2D eigenvalue weighted by atomic mass is 9.97. The average Bonchev–Trinajstić information content (AvgIpc) is 2.15. The number of amides is 2. The lowest BCUT2D eigenvalue weighted by Crippen LogP contribution is -2.47. The highest BCUT2D eigenvalue weighted by Crippen LogP contribution is 2.35. The van der Waals surface area contributed by atoms with Crippen molar-refractivity contribution < 1.29 is 18.4 Å². The van der Waals surface area contributed by atoms with Crippen LogP contribution >= 0.6 is 15.9 Å². The Balaban J connectivity index is 2.70. The van der Waals surface area contributed by atoms with E-state index in [4.69, 9.17) is 0 Å². The number of hydrogen-bond donors (Lipinski definition) is 1. The van der Waals surface area contributed by atoms with Gasteiger partial charge in [0.2, 0.25) is 0 Å². The fraction of sp³-hybridized carbons (Fsp3) is 0.111. The molecule has 0 atom stereocenters. The quantitative estimate of drug-likeness (QED) is 0.734. The molecule has 0 aliphatic carbocycles. The zero-order valence-corrected chi connectivity index (χ0v) is 8.77. The number of rotatable bonds is 0. The summed E-state index contributed by atoms with van der Waals surface area (Å²) >= 11 is 3.06. The Labute approximate surface area is 91.6 Å². The molecule has 0 spiro atoms. The second kappa shape index (κ2) is 3.10. The lowest BCUT2D eigenvalue weighted by Gasteiger charge is -2.23. The maximum absolute atomic E-state index is 13.3. The van der Waals surface area contributed by atoms with Gasteiger partial charge in [-0.05, 0) is 12.1 Å². The van der Waals surface area contributed by atoms with Crippen molar-refractivity contribution in [1.82, 2.24) is 5.32 Å². The standard InChI is InChI=1S/C9H4BrF2NO2/c10-4-1-2-6-5(3-4)7(14)13-8(15)9(6,11)12/h1-3H,(H,13,14,15). The van der Waals surface area contributed by atoms with E-state index in [1.807, 2.05) is 0 Å². The fourth-order valence-electron chi connectivity index (χ4n) is 1.35. The number of carbonyl (C=O) groups excluding carboxylic acids is 2. The number of carbonyl (C=O) groups is 2.